The molecule has 0 spiro atoms. The van der Waals surface area contributed by atoms with E-state index < -0.39 is 16.9 Å². The summed E-state index contributed by atoms with van der Waals surface area (Å²) < 4.78 is 44.9. The van der Waals surface area contributed by atoms with Crippen LogP contribution in [0.3, 0.4) is 0 Å². The van der Waals surface area contributed by atoms with Crippen LogP contribution in [0, 0.1) is 0 Å². The molecule has 268 valence electrons. The summed E-state index contributed by atoms with van der Waals surface area (Å²) in [6.45, 7) is 0. The second kappa shape index (κ2) is 13.2. The number of nitrogens with zero attached hydrogens (tertiary/aromatic N) is 1. The van der Waals surface area contributed by atoms with Gasteiger partial charge in [-0.15, -0.1) is 0 Å². The maximum atomic E-state index is 9.34. The molecule has 0 saturated carbocycles. The van der Waals surface area contributed by atoms with Crippen LogP contribution in [-0.2, 0) is 10.8 Å². The molecule has 0 radical (unpaired) electrons. The van der Waals surface area contributed by atoms with Gasteiger partial charge in [0.05, 0.1) is 17.7 Å². The molecule has 1 heteroatoms. The van der Waals surface area contributed by atoms with Crippen LogP contribution in [-0.4, -0.2) is 0 Å². The highest BCUT2D eigenvalue weighted by molar-refractivity contribution is 5.90. The Morgan fingerprint density at radius 2 is 0.667 bits per heavy atom. The number of anilines is 3. The number of hydrogen-bond donors (Lipinski definition) is 0. The van der Waals surface area contributed by atoms with Crippen LogP contribution in [0.15, 0.2) is 236 Å². The number of para-hydroxylation sites is 1. The molecule has 0 heterocycles. The zero-order chi connectivity index (χ0) is 42.2. The minimum absolute atomic E-state index is 0.0820. The lowest BCUT2D eigenvalue weighted by Crippen LogP contribution is -2.29. The molecule has 0 aromatic heterocycles. The standard InChI is InChI=1S/C56H39N/c1-5-19-40(20-6-1)55(51-30-16-13-27-47(51)48-28-14-17-31-52(48)55)43-33-35-45(36-34-43)57(44-25-11-4-12-26-44)46-37-38-50-49-29-15-18-32-53(49)56(54(50)39-46,41-21-7-2-8-22-41)42-23-9-3-10-24-42/h1-39H/i4D,11D,12D,25D,26D. The van der Waals surface area contributed by atoms with E-state index in [-0.39, 0.29) is 29.9 Å². The van der Waals surface area contributed by atoms with Crippen molar-refractivity contribution in [2.75, 3.05) is 4.90 Å². The van der Waals surface area contributed by atoms with Crippen LogP contribution >= 0.6 is 0 Å². The highest BCUT2D eigenvalue weighted by Crippen LogP contribution is 2.58. The number of hydrogen-bond acceptors (Lipinski definition) is 1. The molecule has 0 aliphatic heterocycles. The Kier molecular flexibility index (Phi) is 6.55. The van der Waals surface area contributed by atoms with Gasteiger partial charge in [-0.05, 0) is 103 Å². The molecule has 9 aromatic carbocycles. The van der Waals surface area contributed by atoms with Gasteiger partial charge in [0.25, 0.3) is 0 Å². The van der Waals surface area contributed by atoms with Gasteiger partial charge in [-0.2, -0.15) is 0 Å². The average Bonchev–Trinajstić information content (AvgIpc) is 3.81. The van der Waals surface area contributed by atoms with Crippen molar-refractivity contribution >= 4 is 17.1 Å². The summed E-state index contributed by atoms with van der Waals surface area (Å²) in [5, 5.41) is 0. The predicted molar refractivity (Wildman–Crippen MR) is 236 cm³/mol. The fourth-order valence-electron chi connectivity index (χ4n) is 9.91. The first-order chi connectivity index (χ1) is 30.4. The van der Waals surface area contributed by atoms with E-state index in [2.05, 4.69) is 170 Å². The van der Waals surface area contributed by atoms with Gasteiger partial charge < -0.3 is 4.90 Å². The molecule has 9 aromatic rings. The summed E-state index contributed by atoms with van der Waals surface area (Å²) in [6, 6.07) is 70.4. The van der Waals surface area contributed by atoms with E-state index in [1.54, 1.807) is 0 Å². The van der Waals surface area contributed by atoms with E-state index in [9.17, 15) is 2.74 Å². The monoisotopic (exact) mass is 730 g/mol. The van der Waals surface area contributed by atoms with Crippen molar-refractivity contribution in [2.24, 2.45) is 0 Å². The normalized spacial score (nSPS) is 15.1. The molecular weight excluding hydrogens is 687 g/mol. The van der Waals surface area contributed by atoms with Gasteiger partial charge in [-0.25, -0.2) is 0 Å². The van der Waals surface area contributed by atoms with Crippen molar-refractivity contribution in [1.82, 2.24) is 0 Å². The predicted octanol–water partition coefficient (Wildman–Crippen LogP) is 13.9. The largest absolute Gasteiger partial charge is 0.310 e. The van der Waals surface area contributed by atoms with Crippen molar-refractivity contribution in [3.8, 4) is 22.3 Å². The van der Waals surface area contributed by atoms with Gasteiger partial charge in [0.1, 0.15) is 0 Å². The highest BCUT2D eigenvalue weighted by Gasteiger charge is 2.47. The first-order valence-electron chi connectivity index (χ1n) is 21.9. The summed E-state index contributed by atoms with van der Waals surface area (Å²) in [5.74, 6) is 0. The molecule has 0 bridgehead atoms. The third-order valence-electron chi connectivity index (χ3n) is 12.1. The molecule has 1 nitrogen and oxygen atoms in total. The quantitative estimate of drug-likeness (QED) is 0.158. The zero-order valence-corrected chi connectivity index (χ0v) is 31.1. The lowest BCUT2D eigenvalue weighted by atomic mass is 9.67. The lowest BCUT2D eigenvalue weighted by Gasteiger charge is -2.35. The fraction of sp³-hybridized carbons (Fsp3) is 0.0357. The third-order valence-corrected chi connectivity index (χ3v) is 12.1. The fourth-order valence-corrected chi connectivity index (χ4v) is 9.91. The Labute approximate surface area is 341 Å². The van der Waals surface area contributed by atoms with Gasteiger partial charge >= 0.3 is 0 Å². The van der Waals surface area contributed by atoms with Crippen LogP contribution in [0.4, 0.5) is 17.1 Å². The van der Waals surface area contributed by atoms with Crippen molar-refractivity contribution in [2.45, 2.75) is 10.8 Å². The topological polar surface area (TPSA) is 3.24 Å². The molecule has 2 aliphatic rings. The summed E-state index contributed by atoms with van der Waals surface area (Å²) in [7, 11) is 0. The average molecular weight is 731 g/mol. The van der Waals surface area contributed by atoms with E-state index >= 15 is 0 Å². The minimum Gasteiger partial charge on any atom is -0.310 e. The summed E-state index contributed by atoms with van der Waals surface area (Å²) in [5.41, 5.74) is 13.7. The van der Waals surface area contributed by atoms with Gasteiger partial charge in [-0.3, -0.25) is 0 Å². The number of rotatable bonds is 7. The maximum Gasteiger partial charge on any atom is 0.0714 e. The van der Waals surface area contributed by atoms with Gasteiger partial charge in [-0.1, -0.05) is 200 Å². The molecule has 2 aliphatic carbocycles. The van der Waals surface area contributed by atoms with Crippen LogP contribution in [0.1, 0.15) is 51.4 Å². The van der Waals surface area contributed by atoms with E-state index in [0.717, 1.165) is 44.5 Å². The molecular formula is C56H39N. The first-order valence-corrected chi connectivity index (χ1v) is 19.4. The molecule has 0 amide bonds. The third kappa shape index (κ3) is 4.82. The van der Waals surface area contributed by atoms with Gasteiger partial charge in [0, 0.05) is 17.1 Å². The molecule has 11 rings (SSSR count). The molecule has 0 atom stereocenters. The SMILES string of the molecule is [2H]c1c([2H])c([2H])c(N(c2ccc(C3(c4ccccc4)c4ccccc4-c4ccccc43)cc2)c2ccc3c(c2)C(c2ccccc2)(c2ccccc2)c2ccccc2-3)c([2H])c1[2H]. The Morgan fingerprint density at radius 3 is 1.14 bits per heavy atom. The Morgan fingerprint density at radius 1 is 0.298 bits per heavy atom. The second-order valence-corrected chi connectivity index (χ2v) is 14.8. The number of benzene rings is 9. The molecule has 0 saturated heterocycles. The zero-order valence-electron chi connectivity index (χ0n) is 36.1. The summed E-state index contributed by atoms with van der Waals surface area (Å²) in [6.07, 6.45) is 0. The Bertz CT molecular complexity index is 3070. The Balaban J connectivity index is 1.17. The molecule has 0 fully saturated rings. The lowest BCUT2D eigenvalue weighted by molar-refractivity contribution is 0.768. The van der Waals surface area contributed by atoms with Crippen molar-refractivity contribution in [3.05, 3.63) is 281 Å². The van der Waals surface area contributed by atoms with E-state index in [4.69, 9.17) is 4.11 Å². The van der Waals surface area contributed by atoms with Crippen molar-refractivity contribution in [1.29, 1.82) is 0 Å². The first kappa shape index (κ1) is 28.2. The van der Waals surface area contributed by atoms with Crippen LogP contribution < -0.4 is 4.90 Å². The molecule has 0 N–H and O–H groups in total. The van der Waals surface area contributed by atoms with Crippen molar-refractivity contribution in [3.63, 3.8) is 0 Å². The van der Waals surface area contributed by atoms with Crippen LogP contribution in [0.5, 0.6) is 0 Å². The van der Waals surface area contributed by atoms with Gasteiger partial charge in [0.2, 0.25) is 0 Å². The highest BCUT2D eigenvalue weighted by atomic mass is 15.1. The number of fused-ring (bicyclic) bond motifs is 6. The van der Waals surface area contributed by atoms with Gasteiger partial charge in [0.15, 0.2) is 0 Å². The van der Waals surface area contributed by atoms with Crippen LogP contribution in [0.25, 0.3) is 22.3 Å². The molecule has 57 heavy (non-hydrogen) atoms. The summed E-state index contributed by atoms with van der Waals surface area (Å²) >= 11 is 0. The van der Waals surface area contributed by atoms with E-state index in [1.807, 2.05) is 41.3 Å². The minimum atomic E-state index is -0.703. The van der Waals surface area contributed by atoms with Crippen LogP contribution in [0.2, 0.25) is 0 Å². The van der Waals surface area contributed by atoms with E-state index in [0.29, 0.717) is 11.4 Å². The summed E-state index contributed by atoms with van der Waals surface area (Å²) in [4.78, 5) is 1.85. The van der Waals surface area contributed by atoms with Crippen molar-refractivity contribution < 1.29 is 6.85 Å². The second-order valence-electron chi connectivity index (χ2n) is 14.8. The molecule has 0 unspecified atom stereocenters. The smallest absolute Gasteiger partial charge is 0.0714 e. The van der Waals surface area contributed by atoms with E-state index in [1.165, 1.54) is 22.3 Å². The maximum absolute atomic E-state index is 9.34. The Hall–Kier alpha value is -7.22.